The number of thioether (sulfide) groups is 1. The smallest absolute Gasteiger partial charge is 0.335 e. The van der Waals surface area contributed by atoms with Gasteiger partial charge in [-0.25, -0.2) is 4.79 Å². The molecule has 0 heterocycles. The van der Waals surface area contributed by atoms with Crippen molar-refractivity contribution in [3.05, 3.63) is 65.7 Å². The van der Waals surface area contributed by atoms with Crippen LogP contribution >= 0.6 is 11.8 Å². The van der Waals surface area contributed by atoms with E-state index in [-0.39, 0.29) is 16.7 Å². The summed E-state index contributed by atoms with van der Waals surface area (Å²) < 4.78 is 0. The Kier molecular flexibility index (Phi) is 5.61. The van der Waals surface area contributed by atoms with Gasteiger partial charge in [-0.1, -0.05) is 36.4 Å². The van der Waals surface area contributed by atoms with Crippen molar-refractivity contribution >= 4 is 29.3 Å². The Bertz CT molecular complexity index is 658. The summed E-state index contributed by atoms with van der Waals surface area (Å²) in [5, 5.41) is 11.5. The monoisotopic (exact) mass is 315 g/mol. The second-order valence-electron chi connectivity index (χ2n) is 4.81. The Morgan fingerprint density at radius 2 is 1.86 bits per heavy atom. The lowest BCUT2D eigenvalue weighted by molar-refractivity contribution is -0.115. The van der Waals surface area contributed by atoms with Gasteiger partial charge in [0, 0.05) is 11.4 Å². The molecular weight excluding hydrogens is 298 g/mol. The summed E-state index contributed by atoms with van der Waals surface area (Å²) in [6.07, 6.45) is 0. The van der Waals surface area contributed by atoms with Gasteiger partial charge >= 0.3 is 5.97 Å². The molecule has 1 atom stereocenters. The first kappa shape index (κ1) is 16.1. The van der Waals surface area contributed by atoms with Crippen LogP contribution in [-0.2, 0) is 10.5 Å². The molecule has 2 aromatic carbocycles. The maximum atomic E-state index is 12.1. The van der Waals surface area contributed by atoms with Crippen LogP contribution in [-0.4, -0.2) is 22.2 Å². The molecule has 0 unspecified atom stereocenters. The molecule has 4 nitrogen and oxygen atoms in total. The zero-order valence-corrected chi connectivity index (χ0v) is 13.0. The molecule has 0 aliphatic heterocycles. The summed E-state index contributed by atoms with van der Waals surface area (Å²) in [7, 11) is 0. The van der Waals surface area contributed by atoms with Crippen molar-refractivity contribution in [3.63, 3.8) is 0 Å². The van der Waals surface area contributed by atoms with Crippen LogP contribution in [0.25, 0.3) is 0 Å². The third-order valence-corrected chi connectivity index (χ3v) is 4.30. The average molecular weight is 315 g/mol. The first-order valence-corrected chi connectivity index (χ1v) is 7.91. The fourth-order valence-electron chi connectivity index (χ4n) is 1.85. The van der Waals surface area contributed by atoms with Crippen LogP contribution in [0, 0.1) is 0 Å². The Morgan fingerprint density at radius 3 is 2.55 bits per heavy atom. The normalized spacial score (nSPS) is 11.7. The molecule has 0 saturated carbocycles. The maximum Gasteiger partial charge on any atom is 0.335 e. The summed E-state index contributed by atoms with van der Waals surface area (Å²) in [4.78, 5) is 23.1. The molecule has 0 saturated heterocycles. The van der Waals surface area contributed by atoms with Crippen molar-refractivity contribution in [1.29, 1.82) is 0 Å². The van der Waals surface area contributed by atoms with Crippen molar-refractivity contribution in [2.75, 3.05) is 5.32 Å². The van der Waals surface area contributed by atoms with E-state index < -0.39 is 5.97 Å². The van der Waals surface area contributed by atoms with Crippen LogP contribution < -0.4 is 5.32 Å². The van der Waals surface area contributed by atoms with Gasteiger partial charge in [0.25, 0.3) is 0 Å². The van der Waals surface area contributed by atoms with E-state index in [0.717, 1.165) is 5.75 Å². The molecule has 0 fully saturated rings. The van der Waals surface area contributed by atoms with Crippen LogP contribution in [0.15, 0.2) is 54.6 Å². The van der Waals surface area contributed by atoms with Crippen LogP contribution in [0.2, 0.25) is 0 Å². The number of hydrogen-bond donors (Lipinski definition) is 2. The molecule has 2 rings (SSSR count). The predicted octanol–water partition coefficient (Wildman–Crippen LogP) is 3.65. The van der Waals surface area contributed by atoms with Crippen LogP contribution in [0.4, 0.5) is 5.69 Å². The molecule has 0 spiro atoms. The Labute approximate surface area is 133 Å². The molecule has 0 aliphatic rings. The number of carboxylic acids is 1. The zero-order chi connectivity index (χ0) is 15.9. The first-order valence-electron chi connectivity index (χ1n) is 6.86. The fourth-order valence-corrected chi connectivity index (χ4v) is 2.69. The number of anilines is 1. The number of amides is 1. The number of benzene rings is 2. The van der Waals surface area contributed by atoms with E-state index in [9.17, 15) is 9.59 Å². The van der Waals surface area contributed by atoms with E-state index in [1.54, 1.807) is 12.1 Å². The Hall–Kier alpha value is -2.27. The first-order chi connectivity index (χ1) is 10.6. The summed E-state index contributed by atoms with van der Waals surface area (Å²) in [5.74, 6) is -0.393. The average Bonchev–Trinajstić information content (AvgIpc) is 2.53. The quantitative estimate of drug-likeness (QED) is 0.854. The lowest BCUT2D eigenvalue weighted by Gasteiger charge is -2.12. The lowest BCUT2D eigenvalue weighted by atomic mass is 10.2. The van der Waals surface area contributed by atoms with Gasteiger partial charge < -0.3 is 10.4 Å². The highest BCUT2D eigenvalue weighted by Crippen LogP contribution is 2.19. The third kappa shape index (κ3) is 4.63. The minimum atomic E-state index is -1.01. The lowest BCUT2D eigenvalue weighted by Crippen LogP contribution is -2.22. The van der Waals surface area contributed by atoms with Crippen molar-refractivity contribution < 1.29 is 14.7 Å². The van der Waals surface area contributed by atoms with E-state index in [4.69, 9.17) is 5.11 Å². The molecule has 0 bridgehead atoms. The largest absolute Gasteiger partial charge is 0.478 e. The minimum absolute atomic E-state index is 0.136. The van der Waals surface area contributed by atoms with Crippen molar-refractivity contribution in [2.45, 2.75) is 17.9 Å². The number of nitrogens with one attached hydrogen (secondary N) is 1. The van der Waals surface area contributed by atoms with E-state index in [0.29, 0.717) is 5.69 Å². The van der Waals surface area contributed by atoms with E-state index in [2.05, 4.69) is 5.32 Å². The van der Waals surface area contributed by atoms with Gasteiger partial charge in [-0.3, -0.25) is 4.79 Å². The topological polar surface area (TPSA) is 66.4 Å². The van der Waals surface area contributed by atoms with Gasteiger partial charge in [0.1, 0.15) is 0 Å². The highest BCUT2D eigenvalue weighted by molar-refractivity contribution is 7.99. The Morgan fingerprint density at radius 1 is 1.14 bits per heavy atom. The van der Waals surface area contributed by atoms with Crippen LogP contribution in [0.3, 0.4) is 0 Å². The summed E-state index contributed by atoms with van der Waals surface area (Å²) >= 11 is 1.54. The number of carbonyl (C=O) groups excluding carboxylic acids is 1. The van der Waals surface area contributed by atoms with Gasteiger partial charge in [-0.2, -0.15) is 0 Å². The van der Waals surface area contributed by atoms with Gasteiger partial charge in [0.2, 0.25) is 5.91 Å². The maximum absolute atomic E-state index is 12.1. The fraction of sp³-hybridized carbons (Fsp3) is 0.176. The molecule has 5 heteroatoms. The van der Waals surface area contributed by atoms with Gasteiger partial charge in [-0.15, -0.1) is 11.8 Å². The van der Waals surface area contributed by atoms with E-state index in [1.807, 2.05) is 37.3 Å². The van der Waals surface area contributed by atoms with Crippen LogP contribution in [0.1, 0.15) is 22.8 Å². The number of hydrogen-bond acceptors (Lipinski definition) is 3. The molecule has 1 amide bonds. The van der Waals surface area contributed by atoms with Gasteiger partial charge in [0.15, 0.2) is 0 Å². The molecular formula is C17H17NO3S. The van der Waals surface area contributed by atoms with Gasteiger partial charge in [-0.05, 0) is 30.7 Å². The van der Waals surface area contributed by atoms with E-state index in [1.165, 1.54) is 29.5 Å². The molecule has 2 aromatic rings. The van der Waals surface area contributed by atoms with Crippen molar-refractivity contribution in [3.8, 4) is 0 Å². The van der Waals surface area contributed by atoms with Crippen molar-refractivity contribution in [1.82, 2.24) is 0 Å². The highest BCUT2D eigenvalue weighted by Gasteiger charge is 2.14. The summed E-state index contributed by atoms with van der Waals surface area (Å²) in [5.41, 5.74) is 1.82. The minimum Gasteiger partial charge on any atom is -0.478 e. The van der Waals surface area contributed by atoms with Crippen molar-refractivity contribution in [2.24, 2.45) is 0 Å². The number of aromatic carboxylic acids is 1. The predicted molar refractivity (Wildman–Crippen MR) is 89.2 cm³/mol. The second-order valence-corrected chi connectivity index (χ2v) is 6.14. The molecule has 22 heavy (non-hydrogen) atoms. The molecule has 2 N–H and O–H groups in total. The van der Waals surface area contributed by atoms with Gasteiger partial charge in [0.05, 0.1) is 10.8 Å². The SMILES string of the molecule is C[C@@H](SCc1ccccc1)C(=O)Nc1cccc(C(=O)O)c1. The number of carboxylic acid groups (broad SMARTS) is 1. The zero-order valence-electron chi connectivity index (χ0n) is 12.2. The Balaban J connectivity index is 1.91. The summed E-state index contributed by atoms with van der Waals surface area (Å²) in [6.45, 7) is 1.84. The molecule has 0 aromatic heterocycles. The third-order valence-electron chi connectivity index (χ3n) is 3.09. The standard InChI is InChI=1S/C17H17NO3S/c1-12(22-11-13-6-3-2-4-7-13)16(19)18-15-9-5-8-14(10-15)17(20)21/h2-10,12H,11H2,1H3,(H,18,19)(H,20,21)/t12-/m1/s1. The molecule has 114 valence electrons. The molecule has 0 aliphatic carbocycles. The van der Waals surface area contributed by atoms with Crippen LogP contribution in [0.5, 0.6) is 0 Å². The number of carbonyl (C=O) groups is 2. The number of rotatable bonds is 6. The molecule has 0 radical (unpaired) electrons. The highest BCUT2D eigenvalue weighted by atomic mass is 32.2. The second kappa shape index (κ2) is 7.66. The van der Waals surface area contributed by atoms with E-state index >= 15 is 0 Å². The summed E-state index contributed by atoms with van der Waals surface area (Å²) in [6, 6.07) is 16.2.